The molecule has 0 saturated heterocycles. The highest BCUT2D eigenvalue weighted by Crippen LogP contribution is 2.32. The number of aryl methyl sites for hydroxylation is 1. The van der Waals surface area contributed by atoms with Crippen molar-refractivity contribution in [1.82, 2.24) is 5.32 Å². The molecule has 1 aromatic heterocycles. The molecule has 0 fully saturated rings. The fourth-order valence-electron chi connectivity index (χ4n) is 2.55. The van der Waals surface area contributed by atoms with Crippen LogP contribution in [-0.4, -0.2) is 6.54 Å². The van der Waals surface area contributed by atoms with Gasteiger partial charge in [0.15, 0.2) is 0 Å². The van der Waals surface area contributed by atoms with Crippen molar-refractivity contribution in [2.75, 3.05) is 6.54 Å². The van der Waals surface area contributed by atoms with Gasteiger partial charge in [0.1, 0.15) is 0 Å². The molecule has 1 rings (SSSR count). The van der Waals surface area contributed by atoms with Crippen molar-refractivity contribution in [3.8, 4) is 0 Å². The van der Waals surface area contributed by atoms with E-state index in [-0.39, 0.29) is 0 Å². The molecule has 0 amide bonds. The molecule has 0 aliphatic carbocycles. The average molecular weight is 360 g/mol. The summed E-state index contributed by atoms with van der Waals surface area (Å²) >= 11 is 5.56. The molecular weight excluding hydrogens is 330 g/mol. The lowest BCUT2D eigenvalue weighted by Crippen LogP contribution is -2.19. The second kappa shape index (κ2) is 10.8. The predicted octanol–water partition coefficient (Wildman–Crippen LogP) is 6.61. The zero-order valence-electron chi connectivity index (χ0n) is 13.3. The van der Waals surface area contributed by atoms with Gasteiger partial charge in [-0.05, 0) is 41.9 Å². The Morgan fingerprint density at radius 3 is 2.30 bits per heavy atom. The Balaban J connectivity index is 2.29. The van der Waals surface area contributed by atoms with E-state index < -0.39 is 0 Å². The Labute approximate surface area is 137 Å². The minimum Gasteiger partial charge on any atom is -0.310 e. The molecule has 1 nitrogen and oxygen atoms in total. The first kappa shape index (κ1) is 18.2. The first-order valence-electron chi connectivity index (χ1n) is 8.18. The van der Waals surface area contributed by atoms with E-state index in [1.165, 1.54) is 65.6 Å². The van der Waals surface area contributed by atoms with Crippen molar-refractivity contribution in [2.24, 2.45) is 0 Å². The van der Waals surface area contributed by atoms with Crippen LogP contribution < -0.4 is 5.32 Å². The highest BCUT2D eigenvalue weighted by atomic mass is 79.9. The maximum Gasteiger partial charge on any atom is 0.0415 e. The van der Waals surface area contributed by atoms with Gasteiger partial charge < -0.3 is 5.32 Å². The molecule has 20 heavy (non-hydrogen) atoms. The molecule has 1 N–H and O–H groups in total. The summed E-state index contributed by atoms with van der Waals surface area (Å²) < 4.78 is 1.26. The van der Waals surface area contributed by atoms with Crippen LogP contribution in [-0.2, 0) is 0 Å². The number of halogens is 1. The van der Waals surface area contributed by atoms with Crippen LogP contribution >= 0.6 is 27.3 Å². The minimum atomic E-state index is 0.547. The highest BCUT2D eigenvalue weighted by Gasteiger charge is 2.13. The minimum absolute atomic E-state index is 0.547. The number of unbranched alkanes of at least 4 members (excludes halogenated alkanes) is 6. The summed E-state index contributed by atoms with van der Waals surface area (Å²) in [6.07, 6.45) is 11.0. The summed E-state index contributed by atoms with van der Waals surface area (Å²) in [5.41, 5.74) is 0. The molecule has 3 heteroatoms. The zero-order valence-corrected chi connectivity index (χ0v) is 15.7. The fraction of sp³-hybridized carbons (Fsp3) is 0.765. The second-order valence-corrected chi connectivity index (χ2v) is 7.72. The Morgan fingerprint density at radius 1 is 1.10 bits per heavy atom. The Morgan fingerprint density at radius 2 is 1.75 bits per heavy atom. The lowest BCUT2D eigenvalue weighted by atomic mass is 10.0. The number of thiophene rings is 1. The maximum absolute atomic E-state index is 3.64. The monoisotopic (exact) mass is 359 g/mol. The molecule has 0 radical (unpaired) electrons. The fourth-order valence-corrected chi connectivity index (χ4v) is 4.22. The largest absolute Gasteiger partial charge is 0.310 e. The van der Waals surface area contributed by atoms with Crippen molar-refractivity contribution in [3.05, 3.63) is 20.3 Å². The van der Waals surface area contributed by atoms with E-state index in [2.05, 4.69) is 48.1 Å². The van der Waals surface area contributed by atoms with Gasteiger partial charge in [-0.2, -0.15) is 0 Å². The topological polar surface area (TPSA) is 12.0 Å². The van der Waals surface area contributed by atoms with Crippen molar-refractivity contribution >= 4 is 27.3 Å². The number of rotatable bonds is 11. The summed E-state index contributed by atoms with van der Waals surface area (Å²) in [4.78, 5) is 2.88. The third kappa shape index (κ3) is 6.73. The lowest BCUT2D eigenvalue weighted by Gasteiger charge is -2.16. The molecule has 0 aromatic carbocycles. The maximum atomic E-state index is 3.64. The second-order valence-electron chi connectivity index (χ2n) is 5.57. The molecule has 1 heterocycles. The van der Waals surface area contributed by atoms with Crippen LogP contribution in [0.5, 0.6) is 0 Å². The van der Waals surface area contributed by atoms with Crippen LogP contribution in [0.3, 0.4) is 0 Å². The van der Waals surface area contributed by atoms with Crippen molar-refractivity contribution < 1.29 is 0 Å². The third-order valence-corrected chi connectivity index (χ3v) is 6.02. The molecule has 1 aromatic rings. The van der Waals surface area contributed by atoms with Gasteiger partial charge in [-0.25, -0.2) is 0 Å². The number of hydrogen-bond donors (Lipinski definition) is 1. The van der Waals surface area contributed by atoms with E-state index in [9.17, 15) is 0 Å². The van der Waals surface area contributed by atoms with E-state index in [0.717, 1.165) is 6.54 Å². The van der Waals surface area contributed by atoms with Crippen molar-refractivity contribution in [3.63, 3.8) is 0 Å². The van der Waals surface area contributed by atoms with E-state index in [1.54, 1.807) is 0 Å². The molecule has 0 saturated carbocycles. The van der Waals surface area contributed by atoms with Gasteiger partial charge in [0.2, 0.25) is 0 Å². The quantitative estimate of drug-likeness (QED) is 0.438. The molecule has 0 aliphatic rings. The average Bonchev–Trinajstić information content (AvgIpc) is 2.76. The normalized spacial score (nSPS) is 12.8. The van der Waals surface area contributed by atoms with Gasteiger partial charge in [0.05, 0.1) is 0 Å². The Kier molecular flexibility index (Phi) is 9.83. The van der Waals surface area contributed by atoms with Crippen LogP contribution in [0.1, 0.15) is 81.0 Å². The SMILES string of the molecule is CCCCCCCCCC(NCC)c1cc(Br)c(C)s1. The van der Waals surface area contributed by atoms with Gasteiger partial charge in [-0.3, -0.25) is 0 Å². The number of nitrogens with one attached hydrogen (secondary N) is 1. The van der Waals surface area contributed by atoms with E-state index in [0.29, 0.717) is 6.04 Å². The van der Waals surface area contributed by atoms with Gasteiger partial charge in [0.25, 0.3) is 0 Å². The Hall–Kier alpha value is 0.140. The molecule has 0 bridgehead atoms. The highest BCUT2D eigenvalue weighted by molar-refractivity contribution is 9.10. The zero-order chi connectivity index (χ0) is 14.8. The van der Waals surface area contributed by atoms with Crippen LogP contribution in [0.4, 0.5) is 0 Å². The van der Waals surface area contributed by atoms with E-state index >= 15 is 0 Å². The van der Waals surface area contributed by atoms with Crippen LogP contribution in [0.25, 0.3) is 0 Å². The molecule has 116 valence electrons. The summed E-state index contributed by atoms with van der Waals surface area (Å²) in [5.74, 6) is 0. The molecular formula is C17H30BrNS. The van der Waals surface area contributed by atoms with Gasteiger partial charge in [0, 0.05) is 20.3 Å². The van der Waals surface area contributed by atoms with E-state index in [4.69, 9.17) is 0 Å². The summed E-state index contributed by atoms with van der Waals surface area (Å²) in [5, 5.41) is 3.64. The van der Waals surface area contributed by atoms with Crippen LogP contribution in [0.15, 0.2) is 10.5 Å². The van der Waals surface area contributed by atoms with Gasteiger partial charge in [-0.15, -0.1) is 11.3 Å². The first-order valence-corrected chi connectivity index (χ1v) is 9.79. The Bertz CT molecular complexity index is 342. The smallest absolute Gasteiger partial charge is 0.0415 e. The number of hydrogen-bond acceptors (Lipinski definition) is 2. The molecule has 0 aliphatic heterocycles. The first-order chi connectivity index (χ1) is 9.69. The van der Waals surface area contributed by atoms with E-state index in [1.807, 2.05) is 11.3 Å². The van der Waals surface area contributed by atoms with Gasteiger partial charge >= 0.3 is 0 Å². The summed E-state index contributed by atoms with van der Waals surface area (Å²) in [6, 6.07) is 2.85. The summed E-state index contributed by atoms with van der Waals surface area (Å²) in [7, 11) is 0. The van der Waals surface area contributed by atoms with Crippen LogP contribution in [0, 0.1) is 6.92 Å². The van der Waals surface area contributed by atoms with Crippen molar-refractivity contribution in [1.29, 1.82) is 0 Å². The molecule has 0 spiro atoms. The third-order valence-electron chi connectivity index (χ3n) is 3.77. The predicted molar refractivity (Wildman–Crippen MR) is 95.8 cm³/mol. The van der Waals surface area contributed by atoms with Crippen LogP contribution in [0.2, 0.25) is 0 Å². The van der Waals surface area contributed by atoms with Crippen molar-refractivity contribution in [2.45, 2.75) is 78.2 Å². The van der Waals surface area contributed by atoms with Gasteiger partial charge in [-0.1, -0.05) is 58.8 Å². The molecule has 1 unspecified atom stereocenters. The summed E-state index contributed by atoms with van der Waals surface area (Å²) in [6.45, 7) is 7.72. The molecule has 1 atom stereocenters. The standard InChI is InChI=1S/C17H30BrNS/c1-4-6-7-8-9-10-11-12-16(19-5-2)17-13-15(18)14(3)20-17/h13,16,19H,4-12H2,1-3H3. The lowest BCUT2D eigenvalue weighted by molar-refractivity contribution is 0.481.